The van der Waals surface area contributed by atoms with Crippen molar-refractivity contribution in [3.8, 4) is 11.4 Å². The summed E-state index contributed by atoms with van der Waals surface area (Å²) in [6, 6.07) is 26.5. The predicted molar refractivity (Wildman–Crippen MR) is 150 cm³/mol. The first-order valence-electron chi connectivity index (χ1n) is 12.6. The van der Waals surface area contributed by atoms with Crippen LogP contribution in [0.2, 0.25) is 0 Å². The first-order chi connectivity index (χ1) is 18.2. The molecule has 0 fully saturated rings. The van der Waals surface area contributed by atoms with Crippen LogP contribution in [0.5, 0.6) is 5.75 Å². The van der Waals surface area contributed by atoms with Crippen molar-refractivity contribution in [1.82, 2.24) is 14.7 Å². The Morgan fingerprint density at radius 1 is 0.947 bits per heavy atom. The minimum absolute atomic E-state index is 0.143. The summed E-state index contributed by atoms with van der Waals surface area (Å²) in [4.78, 5) is 28.6. The van der Waals surface area contributed by atoms with Gasteiger partial charge in [-0.1, -0.05) is 75.4 Å². The smallest absolute Gasteiger partial charge is 0.258 e. The summed E-state index contributed by atoms with van der Waals surface area (Å²) in [7, 11) is 1.53. The second-order valence-electron chi connectivity index (χ2n) is 10.3. The van der Waals surface area contributed by atoms with E-state index in [1.165, 1.54) is 12.0 Å². The zero-order valence-corrected chi connectivity index (χ0v) is 22.6. The van der Waals surface area contributed by atoms with E-state index in [-0.39, 0.29) is 30.3 Å². The molecule has 196 valence electrons. The van der Waals surface area contributed by atoms with Crippen molar-refractivity contribution in [2.45, 2.75) is 39.7 Å². The van der Waals surface area contributed by atoms with Gasteiger partial charge >= 0.3 is 0 Å². The van der Waals surface area contributed by atoms with Gasteiger partial charge in [0.25, 0.3) is 5.91 Å². The molecule has 1 N–H and O–H groups in total. The van der Waals surface area contributed by atoms with Crippen LogP contribution in [0.3, 0.4) is 0 Å². The van der Waals surface area contributed by atoms with Crippen molar-refractivity contribution in [3.63, 3.8) is 0 Å². The molecule has 4 rings (SSSR count). The Morgan fingerprint density at radius 2 is 1.66 bits per heavy atom. The third-order valence-corrected chi connectivity index (χ3v) is 6.17. The number of anilines is 1. The highest BCUT2D eigenvalue weighted by Crippen LogP contribution is 2.27. The average molecular weight is 511 g/mol. The molecule has 0 unspecified atom stereocenters. The normalized spacial score (nSPS) is 11.2. The van der Waals surface area contributed by atoms with Gasteiger partial charge in [0.1, 0.15) is 18.1 Å². The van der Waals surface area contributed by atoms with Gasteiger partial charge in [-0.05, 0) is 42.3 Å². The number of rotatable bonds is 8. The van der Waals surface area contributed by atoms with E-state index in [2.05, 4.69) is 26.1 Å². The topological polar surface area (TPSA) is 76.5 Å². The number of nitrogens with zero attached hydrogens (tertiary/aromatic N) is 3. The highest BCUT2D eigenvalue weighted by atomic mass is 16.5. The van der Waals surface area contributed by atoms with Crippen LogP contribution in [-0.2, 0) is 16.8 Å². The maximum Gasteiger partial charge on any atom is 0.258 e. The number of aryl methyl sites for hydroxylation is 1. The lowest BCUT2D eigenvalue weighted by Crippen LogP contribution is -2.38. The molecule has 1 heterocycles. The van der Waals surface area contributed by atoms with Crippen LogP contribution in [0.25, 0.3) is 5.69 Å². The van der Waals surface area contributed by atoms with E-state index in [9.17, 15) is 9.59 Å². The number of aromatic nitrogens is 2. The van der Waals surface area contributed by atoms with Crippen LogP contribution in [0.4, 0.5) is 5.82 Å². The number of hydrogen-bond acceptors (Lipinski definition) is 4. The first kappa shape index (κ1) is 26.7. The van der Waals surface area contributed by atoms with Crippen molar-refractivity contribution in [1.29, 1.82) is 0 Å². The molecular formula is C31H34N4O3. The molecule has 2 amide bonds. The summed E-state index contributed by atoms with van der Waals surface area (Å²) < 4.78 is 7.16. The monoisotopic (exact) mass is 510 g/mol. The Morgan fingerprint density at radius 3 is 2.34 bits per heavy atom. The number of benzene rings is 3. The van der Waals surface area contributed by atoms with Crippen molar-refractivity contribution < 1.29 is 14.3 Å². The molecular weight excluding hydrogens is 476 g/mol. The molecule has 1 aromatic heterocycles. The van der Waals surface area contributed by atoms with Crippen LogP contribution < -0.4 is 10.1 Å². The van der Waals surface area contributed by atoms with Crippen molar-refractivity contribution in [2.24, 2.45) is 0 Å². The third kappa shape index (κ3) is 6.29. The molecule has 0 saturated carbocycles. The standard InChI is InChI=1S/C31H34N4O3/c1-22-12-11-15-24(18-22)35-28(19-27(33-35)31(2,3)4)32-29(36)21-34(20-23-13-7-6-8-14-23)30(37)25-16-9-10-17-26(25)38-5/h6-19H,20-21H2,1-5H3,(H,32,36). The second kappa shape index (κ2) is 11.3. The van der Waals surface area contributed by atoms with Crippen molar-refractivity contribution >= 4 is 17.6 Å². The largest absolute Gasteiger partial charge is 0.496 e. The Hall–Kier alpha value is -4.39. The molecule has 0 bridgehead atoms. The molecule has 7 nitrogen and oxygen atoms in total. The summed E-state index contributed by atoms with van der Waals surface area (Å²) in [6.45, 7) is 8.38. The molecule has 0 aliphatic rings. The lowest BCUT2D eigenvalue weighted by atomic mass is 9.92. The van der Waals surface area contributed by atoms with Gasteiger partial charge in [-0.25, -0.2) is 4.68 Å². The molecule has 0 aliphatic carbocycles. The number of nitrogens with one attached hydrogen (secondary N) is 1. The highest BCUT2D eigenvalue weighted by molar-refractivity contribution is 6.00. The molecule has 4 aromatic rings. The van der Waals surface area contributed by atoms with Gasteiger partial charge in [-0.3, -0.25) is 9.59 Å². The zero-order chi connectivity index (χ0) is 27.3. The Labute approximate surface area is 224 Å². The number of para-hydroxylation sites is 1. The quantitative estimate of drug-likeness (QED) is 0.327. The SMILES string of the molecule is COc1ccccc1C(=O)N(CC(=O)Nc1cc(C(C)(C)C)nn1-c1cccc(C)c1)Cc1ccccc1. The van der Waals surface area contributed by atoms with Gasteiger partial charge in [0.05, 0.1) is 24.1 Å². The number of carbonyl (C=O) groups is 2. The van der Waals surface area contributed by atoms with E-state index < -0.39 is 0 Å². The van der Waals surface area contributed by atoms with E-state index in [4.69, 9.17) is 9.84 Å². The van der Waals surface area contributed by atoms with Gasteiger partial charge in [0.2, 0.25) is 5.91 Å². The van der Waals surface area contributed by atoms with Crippen molar-refractivity contribution in [2.75, 3.05) is 19.0 Å². The van der Waals surface area contributed by atoms with E-state index in [0.717, 1.165) is 22.5 Å². The molecule has 0 spiro atoms. The Balaban J connectivity index is 1.64. The van der Waals surface area contributed by atoms with E-state index >= 15 is 0 Å². The van der Waals surface area contributed by atoms with Gasteiger partial charge < -0.3 is 15.0 Å². The fourth-order valence-electron chi connectivity index (χ4n) is 4.14. The number of methoxy groups -OCH3 is 1. The van der Waals surface area contributed by atoms with Gasteiger partial charge in [-0.15, -0.1) is 0 Å². The third-order valence-electron chi connectivity index (χ3n) is 6.17. The van der Waals surface area contributed by atoms with Crippen LogP contribution in [0, 0.1) is 6.92 Å². The van der Waals surface area contributed by atoms with Gasteiger partial charge in [0, 0.05) is 18.0 Å². The van der Waals surface area contributed by atoms with E-state index in [0.29, 0.717) is 17.1 Å². The van der Waals surface area contributed by atoms with Crippen LogP contribution in [0.1, 0.15) is 48.0 Å². The van der Waals surface area contributed by atoms with Crippen LogP contribution >= 0.6 is 0 Å². The number of amides is 2. The minimum Gasteiger partial charge on any atom is -0.496 e. The molecule has 0 radical (unpaired) electrons. The lowest BCUT2D eigenvalue weighted by Gasteiger charge is -2.23. The summed E-state index contributed by atoms with van der Waals surface area (Å²) in [5.74, 6) is 0.403. The number of carbonyl (C=O) groups excluding carboxylic acids is 2. The molecule has 38 heavy (non-hydrogen) atoms. The summed E-state index contributed by atoms with van der Waals surface area (Å²) in [5, 5.41) is 7.81. The minimum atomic E-state index is -0.321. The van der Waals surface area contributed by atoms with E-state index in [1.54, 1.807) is 22.9 Å². The molecule has 0 saturated heterocycles. The Bertz CT molecular complexity index is 1420. The van der Waals surface area contributed by atoms with E-state index in [1.807, 2.05) is 73.7 Å². The number of hydrogen-bond donors (Lipinski definition) is 1. The first-order valence-corrected chi connectivity index (χ1v) is 12.6. The molecule has 0 aliphatic heterocycles. The summed E-state index contributed by atoms with van der Waals surface area (Å²) in [6.07, 6.45) is 0. The van der Waals surface area contributed by atoms with Gasteiger partial charge in [0.15, 0.2) is 0 Å². The molecule has 3 aromatic carbocycles. The summed E-state index contributed by atoms with van der Waals surface area (Å²) >= 11 is 0. The molecule has 0 atom stereocenters. The maximum absolute atomic E-state index is 13.6. The number of ether oxygens (including phenoxy) is 1. The lowest BCUT2D eigenvalue weighted by molar-refractivity contribution is -0.117. The van der Waals surface area contributed by atoms with Crippen LogP contribution in [0.15, 0.2) is 84.9 Å². The van der Waals surface area contributed by atoms with Gasteiger partial charge in [-0.2, -0.15) is 5.10 Å². The second-order valence-corrected chi connectivity index (χ2v) is 10.3. The Kier molecular flexibility index (Phi) is 7.96. The van der Waals surface area contributed by atoms with Crippen LogP contribution in [-0.4, -0.2) is 40.1 Å². The maximum atomic E-state index is 13.6. The highest BCUT2D eigenvalue weighted by Gasteiger charge is 2.25. The summed E-state index contributed by atoms with van der Waals surface area (Å²) in [5.41, 5.74) is 3.89. The average Bonchev–Trinajstić information content (AvgIpc) is 3.33. The fraction of sp³-hybridized carbons (Fsp3) is 0.258. The molecule has 7 heteroatoms. The van der Waals surface area contributed by atoms with Crippen molar-refractivity contribution in [3.05, 3.63) is 107 Å². The predicted octanol–water partition coefficient (Wildman–Crippen LogP) is 5.77. The zero-order valence-electron chi connectivity index (χ0n) is 22.6. The fourth-order valence-corrected chi connectivity index (χ4v) is 4.14.